The van der Waals surface area contributed by atoms with Crippen LogP contribution >= 0.6 is 0 Å². The van der Waals surface area contributed by atoms with E-state index in [4.69, 9.17) is 4.42 Å². The highest BCUT2D eigenvalue weighted by molar-refractivity contribution is 6.14. The lowest BCUT2D eigenvalue weighted by atomic mass is 9.96. The number of furan rings is 1. The molecule has 0 amide bonds. The zero-order valence-corrected chi connectivity index (χ0v) is 31.7. The maximum absolute atomic E-state index is 6.36. The first-order chi connectivity index (χ1) is 28.7. The molecule has 0 spiro atoms. The van der Waals surface area contributed by atoms with E-state index in [1.54, 1.807) is 0 Å². The number of anilines is 3. The van der Waals surface area contributed by atoms with Crippen molar-refractivity contribution in [3.63, 3.8) is 0 Å². The zero-order chi connectivity index (χ0) is 38.4. The lowest BCUT2D eigenvalue weighted by Gasteiger charge is -2.28. The summed E-state index contributed by atoms with van der Waals surface area (Å²) < 4.78 is 6.36. The minimum atomic E-state index is 0.885. The normalized spacial score (nSPS) is 11.4. The van der Waals surface area contributed by atoms with Crippen LogP contribution in [0.15, 0.2) is 229 Å². The van der Waals surface area contributed by atoms with Gasteiger partial charge in [0.15, 0.2) is 0 Å². The Balaban J connectivity index is 1.01. The van der Waals surface area contributed by atoms with E-state index in [2.05, 4.69) is 217 Å². The Labute approximate surface area is 337 Å². The quantitative estimate of drug-likeness (QED) is 0.162. The first kappa shape index (κ1) is 33.6. The second-order valence-electron chi connectivity index (χ2n) is 14.9. The molecule has 1 heterocycles. The Hall–Kier alpha value is -7.68. The fourth-order valence-corrected chi connectivity index (χ4v) is 8.62. The number of rotatable bonds is 7. The molecule has 0 aliphatic rings. The molecule has 0 bridgehead atoms. The van der Waals surface area contributed by atoms with E-state index in [-0.39, 0.29) is 0 Å². The second kappa shape index (κ2) is 14.1. The number of para-hydroxylation sites is 2. The van der Waals surface area contributed by atoms with Crippen molar-refractivity contribution in [3.8, 4) is 44.5 Å². The van der Waals surface area contributed by atoms with E-state index in [0.29, 0.717) is 0 Å². The van der Waals surface area contributed by atoms with E-state index >= 15 is 0 Å². The fraction of sp³-hybridized carbons (Fsp3) is 0. The zero-order valence-electron chi connectivity index (χ0n) is 31.7. The smallest absolute Gasteiger partial charge is 0.136 e. The standard InChI is InChI=1S/C56H37NO/c1-2-13-44-37-45(28-27-38(44)11-1)41-25-23-39(24-26-41)40-29-33-46(34-30-40)57(47-35-31-43(32-36-47)49-18-9-14-42-12-3-4-15-48(42)49)53-20-7-5-16-50(53)51-19-10-22-55-56(51)52-17-6-8-21-54(52)58-55/h1-37H. The Morgan fingerprint density at radius 1 is 0.293 bits per heavy atom. The molecule has 0 radical (unpaired) electrons. The number of fused-ring (bicyclic) bond motifs is 5. The van der Waals surface area contributed by atoms with Gasteiger partial charge >= 0.3 is 0 Å². The highest BCUT2D eigenvalue weighted by Crippen LogP contribution is 2.45. The summed E-state index contributed by atoms with van der Waals surface area (Å²) in [4.78, 5) is 2.38. The van der Waals surface area contributed by atoms with Crippen LogP contribution in [-0.4, -0.2) is 0 Å². The van der Waals surface area contributed by atoms with Crippen molar-refractivity contribution in [1.29, 1.82) is 0 Å². The first-order valence-corrected chi connectivity index (χ1v) is 19.8. The monoisotopic (exact) mass is 739 g/mol. The molecular weight excluding hydrogens is 703 g/mol. The van der Waals surface area contributed by atoms with Crippen LogP contribution in [0.5, 0.6) is 0 Å². The van der Waals surface area contributed by atoms with Crippen LogP contribution in [0.2, 0.25) is 0 Å². The molecular formula is C56H37NO. The molecule has 0 unspecified atom stereocenters. The van der Waals surface area contributed by atoms with Gasteiger partial charge in [0.25, 0.3) is 0 Å². The summed E-state index contributed by atoms with van der Waals surface area (Å²) in [6.45, 7) is 0. The van der Waals surface area contributed by atoms with Gasteiger partial charge in [0.05, 0.1) is 5.69 Å². The van der Waals surface area contributed by atoms with Crippen molar-refractivity contribution in [2.75, 3.05) is 4.90 Å². The number of hydrogen-bond acceptors (Lipinski definition) is 2. The predicted octanol–water partition coefficient (Wildman–Crippen LogP) is 16.0. The first-order valence-electron chi connectivity index (χ1n) is 19.8. The highest BCUT2D eigenvalue weighted by Gasteiger charge is 2.20. The van der Waals surface area contributed by atoms with Crippen LogP contribution < -0.4 is 4.90 Å². The Bertz CT molecular complexity index is 3260. The van der Waals surface area contributed by atoms with E-state index in [9.17, 15) is 0 Å². The van der Waals surface area contributed by atoms with Gasteiger partial charge in [-0.1, -0.05) is 176 Å². The fourth-order valence-electron chi connectivity index (χ4n) is 8.62. The lowest BCUT2D eigenvalue weighted by molar-refractivity contribution is 0.669. The van der Waals surface area contributed by atoms with Crippen molar-refractivity contribution in [2.45, 2.75) is 0 Å². The van der Waals surface area contributed by atoms with Gasteiger partial charge < -0.3 is 9.32 Å². The molecule has 2 heteroatoms. The van der Waals surface area contributed by atoms with E-state index in [1.807, 2.05) is 12.1 Å². The second-order valence-corrected chi connectivity index (χ2v) is 14.9. The van der Waals surface area contributed by atoms with E-state index < -0.39 is 0 Å². The molecule has 2 nitrogen and oxygen atoms in total. The number of nitrogens with zero attached hydrogens (tertiary/aromatic N) is 1. The molecule has 0 atom stereocenters. The molecule has 0 aliphatic heterocycles. The maximum atomic E-state index is 6.36. The Kier molecular flexibility index (Phi) is 8.19. The maximum Gasteiger partial charge on any atom is 0.136 e. The van der Waals surface area contributed by atoms with Gasteiger partial charge in [0, 0.05) is 27.7 Å². The summed E-state index contributed by atoms with van der Waals surface area (Å²) in [5.41, 5.74) is 14.5. The van der Waals surface area contributed by atoms with Crippen LogP contribution in [0, 0.1) is 0 Å². The van der Waals surface area contributed by atoms with Gasteiger partial charge in [-0.3, -0.25) is 0 Å². The van der Waals surface area contributed by atoms with Crippen LogP contribution in [0.3, 0.4) is 0 Å². The molecule has 0 fully saturated rings. The average molecular weight is 740 g/mol. The number of hydrogen-bond donors (Lipinski definition) is 0. The Morgan fingerprint density at radius 3 is 1.57 bits per heavy atom. The minimum Gasteiger partial charge on any atom is -0.456 e. The SMILES string of the molecule is c1ccc(N(c2ccc(-c3ccc(-c4ccc5ccccc5c4)cc3)cc2)c2ccc(-c3cccc4ccccc34)cc2)c(-c2cccc3oc4ccccc4c23)c1. The van der Waals surface area contributed by atoms with Gasteiger partial charge in [-0.25, -0.2) is 0 Å². The third-order valence-electron chi connectivity index (χ3n) is 11.5. The summed E-state index contributed by atoms with van der Waals surface area (Å²) in [5, 5.41) is 7.24. The molecule has 10 aromatic carbocycles. The van der Waals surface area contributed by atoms with Gasteiger partial charge in [-0.2, -0.15) is 0 Å². The lowest BCUT2D eigenvalue weighted by Crippen LogP contribution is -2.11. The molecule has 1 aromatic heterocycles. The van der Waals surface area contributed by atoms with Crippen LogP contribution in [0.25, 0.3) is 88.0 Å². The van der Waals surface area contributed by atoms with Gasteiger partial charge in [0.1, 0.15) is 11.2 Å². The summed E-state index contributed by atoms with van der Waals surface area (Å²) in [7, 11) is 0. The molecule has 11 rings (SSSR count). The molecule has 0 saturated heterocycles. The predicted molar refractivity (Wildman–Crippen MR) is 245 cm³/mol. The number of benzene rings is 10. The van der Waals surface area contributed by atoms with Crippen LogP contribution in [0.1, 0.15) is 0 Å². The summed E-state index contributed by atoms with van der Waals surface area (Å²) >= 11 is 0. The molecule has 0 aliphatic carbocycles. The van der Waals surface area contributed by atoms with Crippen LogP contribution in [-0.2, 0) is 0 Å². The molecule has 11 aromatic rings. The topological polar surface area (TPSA) is 16.4 Å². The van der Waals surface area contributed by atoms with Crippen LogP contribution in [0.4, 0.5) is 17.1 Å². The minimum absolute atomic E-state index is 0.885. The third kappa shape index (κ3) is 5.91. The van der Waals surface area contributed by atoms with Gasteiger partial charge in [0.2, 0.25) is 0 Å². The average Bonchev–Trinajstić information content (AvgIpc) is 3.69. The third-order valence-corrected chi connectivity index (χ3v) is 11.5. The van der Waals surface area contributed by atoms with Gasteiger partial charge in [-0.15, -0.1) is 0 Å². The molecule has 0 N–H and O–H groups in total. The summed E-state index contributed by atoms with van der Waals surface area (Å²) in [5.74, 6) is 0. The van der Waals surface area contributed by atoms with E-state index in [1.165, 1.54) is 54.9 Å². The molecule has 58 heavy (non-hydrogen) atoms. The van der Waals surface area contributed by atoms with E-state index in [0.717, 1.165) is 50.1 Å². The van der Waals surface area contributed by atoms with Crippen molar-refractivity contribution < 1.29 is 4.42 Å². The largest absolute Gasteiger partial charge is 0.456 e. The summed E-state index contributed by atoms with van der Waals surface area (Å²) in [6.07, 6.45) is 0. The van der Waals surface area contributed by atoms with Crippen molar-refractivity contribution in [3.05, 3.63) is 224 Å². The van der Waals surface area contributed by atoms with Crippen molar-refractivity contribution >= 4 is 60.5 Å². The van der Waals surface area contributed by atoms with Crippen molar-refractivity contribution in [2.24, 2.45) is 0 Å². The van der Waals surface area contributed by atoms with Crippen molar-refractivity contribution in [1.82, 2.24) is 0 Å². The summed E-state index contributed by atoms with van der Waals surface area (Å²) in [6, 6.07) is 80.7. The van der Waals surface area contributed by atoms with Gasteiger partial charge in [-0.05, 0) is 109 Å². The molecule has 0 saturated carbocycles. The molecule has 272 valence electrons. The Morgan fingerprint density at radius 2 is 0.793 bits per heavy atom. The highest BCUT2D eigenvalue weighted by atomic mass is 16.3.